The highest BCUT2D eigenvalue weighted by Gasteiger charge is 2.90. The summed E-state index contributed by atoms with van der Waals surface area (Å²) in [6.45, 7) is 1.67. The number of carbonyl (C=O) groups is 2. The van der Waals surface area contributed by atoms with Gasteiger partial charge >= 0.3 is 35.8 Å². The Hall–Kier alpha value is -2.95. The van der Waals surface area contributed by atoms with Gasteiger partial charge in [-0.15, -0.1) is 0 Å². The van der Waals surface area contributed by atoms with E-state index in [4.69, 9.17) is 0 Å². The predicted octanol–water partition coefficient (Wildman–Crippen LogP) is 6.25. The van der Waals surface area contributed by atoms with Gasteiger partial charge in [-0.25, -0.2) is 0 Å². The number of benzene rings is 1. The smallest absolute Gasteiger partial charge is 0.460 e. The van der Waals surface area contributed by atoms with Gasteiger partial charge in [0.1, 0.15) is 11.8 Å². The molecule has 18 heteroatoms. The lowest BCUT2D eigenvalue weighted by molar-refractivity contribution is -0.440. The van der Waals surface area contributed by atoms with Crippen LogP contribution in [0.2, 0.25) is 0 Å². The molecule has 0 bridgehead atoms. The molecule has 0 saturated heterocycles. The molecular formula is C21H21F13N2O3. The molecule has 0 aromatic heterocycles. The summed E-state index contributed by atoms with van der Waals surface area (Å²) < 4.78 is 175. The summed E-state index contributed by atoms with van der Waals surface area (Å²) in [6.07, 6.45) is -9.57. The second-order valence-electron chi connectivity index (χ2n) is 8.57. The molecule has 0 fully saturated rings. The monoisotopic (exact) mass is 596 g/mol. The summed E-state index contributed by atoms with van der Waals surface area (Å²) in [5.41, 5.74) is 0.0710. The lowest BCUT2D eigenvalue weighted by Gasteiger charge is -2.39. The van der Waals surface area contributed by atoms with E-state index in [0.29, 0.717) is 6.41 Å². The molecule has 0 unspecified atom stereocenters. The Labute approximate surface area is 212 Å². The number of hydrogen-bond acceptors (Lipinski definition) is 3. The highest BCUT2D eigenvalue weighted by Crippen LogP contribution is 2.60. The first-order valence-corrected chi connectivity index (χ1v) is 10.6. The van der Waals surface area contributed by atoms with Crippen LogP contribution in [0.4, 0.5) is 62.8 Å². The van der Waals surface area contributed by atoms with E-state index < -0.39 is 66.5 Å². The Morgan fingerprint density at radius 3 is 1.72 bits per heavy atom. The molecule has 39 heavy (non-hydrogen) atoms. The van der Waals surface area contributed by atoms with Gasteiger partial charge in [0, 0.05) is 12.7 Å². The number of nitrogens with zero attached hydrogens (tertiary/aromatic N) is 1. The lowest BCUT2D eigenvalue weighted by atomic mass is 9.93. The molecule has 224 valence electrons. The van der Waals surface area contributed by atoms with Gasteiger partial charge in [-0.3, -0.25) is 9.59 Å². The largest absolute Gasteiger partial charge is 0.493 e. The molecule has 0 aliphatic carbocycles. The van der Waals surface area contributed by atoms with Crippen LogP contribution in [-0.4, -0.2) is 72.7 Å². The zero-order chi connectivity index (χ0) is 30.8. The maximum atomic E-state index is 13.8. The summed E-state index contributed by atoms with van der Waals surface area (Å²) >= 11 is 0. The minimum absolute atomic E-state index is 0.0710. The fourth-order valence-electron chi connectivity index (χ4n) is 3.13. The van der Waals surface area contributed by atoms with E-state index in [1.807, 2.05) is 0 Å². The molecule has 1 N–H and O–H groups in total. The number of nitrogens with one attached hydrogen (secondary N) is 1. The quantitative estimate of drug-likeness (QED) is 0.217. The molecule has 5 nitrogen and oxygen atoms in total. The Balaban J connectivity index is 2.96. The average molecular weight is 596 g/mol. The Bertz CT molecular complexity index is 996. The van der Waals surface area contributed by atoms with Crippen LogP contribution in [0.5, 0.6) is 5.75 Å². The molecule has 1 rings (SSSR count). The highest BCUT2D eigenvalue weighted by atomic mass is 19.4. The van der Waals surface area contributed by atoms with Crippen LogP contribution >= 0.6 is 0 Å². The van der Waals surface area contributed by atoms with Crippen molar-refractivity contribution < 1.29 is 71.4 Å². The molecule has 1 aromatic carbocycles. The van der Waals surface area contributed by atoms with Crippen LogP contribution in [0.15, 0.2) is 24.3 Å². The van der Waals surface area contributed by atoms with Crippen molar-refractivity contribution in [3.8, 4) is 5.75 Å². The van der Waals surface area contributed by atoms with Crippen molar-refractivity contribution in [2.24, 2.45) is 5.92 Å². The van der Waals surface area contributed by atoms with Crippen molar-refractivity contribution in [1.29, 1.82) is 0 Å². The second kappa shape index (κ2) is 11.3. The van der Waals surface area contributed by atoms with Crippen molar-refractivity contribution in [2.45, 2.75) is 62.1 Å². The van der Waals surface area contributed by atoms with Gasteiger partial charge in [-0.05, 0) is 30.2 Å². The third-order valence-corrected chi connectivity index (χ3v) is 5.31. The van der Waals surface area contributed by atoms with E-state index in [-0.39, 0.29) is 11.6 Å². The van der Waals surface area contributed by atoms with Crippen LogP contribution in [-0.2, 0) is 9.59 Å². The zero-order valence-corrected chi connectivity index (χ0v) is 20.0. The molecule has 0 aliphatic heterocycles. The van der Waals surface area contributed by atoms with E-state index in [9.17, 15) is 66.7 Å². The molecule has 1 aromatic rings. The summed E-state index contributed by atoms with van der Waals surface area (Å²) in [6, 6.07) is 3.24. The zero-order valence-electron chi connectivity index (χ0n) is 20.0. The number of ether oxygens (including phenoxy) is 1. The number of hydrogen-bond donors (Lipinski definition) is 1. The van der Waals surface area contributed by atoms with Crippen molar-refractivity contribution in [1.82, 2.24) is 4.90 Å². The Kier molecular flexibility index (Phi) is 9.85. The number of alkyl halides is 13. The average Bonchev–Trinajstić information content (AvgIpc) is 2.78. The van der Waals surface area contributed by atoms with E-state index in [2.05, 4.69) is 10.1 Å². The van der Waals surface area contributed by atoms with Gasteiger partial charge < -0.3 is 15.0 Å². The van der Waals surface area contributed by atoms with Crippen LogP contribution in [0.1, 0.15) is 20.3 Å². The van der Waals surface area contributed by atoms with E-state index in [1.165, 1.54) is 7.05 Å². The minimum atomic E-state index is -7.96. The third kappa shape index (κ3) is 6.45. The molecule has 0 saturated carbocycles. The first-order chi connectivity index (χ1) is 17.4. The van der Waals surface area contributed by atoms with Crippen molar-refractivity contribution >= 4 is 18.0 Å². The van der Waals surface area contributed by atoms with Gasteiger partial charge in [0.25, 0.3) is 0 Å². The molecular weight excluding hydrogens is 575 g/mol. The van der Waals surface area contributed by atoms with Crippen molar-refractivity contribution in [3.05, 3.63) is 24.3 Å². The van der Waals surface area contributed by atoms with Crippen molar-refractivity contribution in [3.63, 3.8) is 0 Å². The maximum Gasteiger partial charge on any atom is 0.460 e. The van der Waals surface area contributed by atoms with Gasteiger partial charge in [-0.1, -0.05) is 13.8 Å². The minimum Gasteiger partial charge on any atom is -0.493 e. The van der Waals surface area contributed by atoms with E-state index >= 15 is 0 Å². The van der Waals surface area contributed by atoms with Crippen molar-refractivity contribution in [2.75, 3.05) is 19.0 Å². The van der Waals surface area contributed by atoms with Gasteiger partial charge in [0.05, 0.1) is 13.0 Å². The van der Waals surface area contributed by atoms with Crippen LogP contribution in [0.25, 0.3) is 0 Å². The number of carbonyl (C=O) groups excluding carboxylic acids is 2. The summed E-state index contributed by atoms with van der Waals surface area (Å²) in [5.74, 6) is -38.6. The van der Waals surface area contributed by atoms with Crippen LogP contribution in [0.3, 0.4) is 0 Å². The summed E-state index contributed by atoms with van der Waals surface area (Å²) in [7, 11) is 1.34. The molecule has 0 radical (unpaired) electrons. The molecule has 0 spiro atoms. The lowest BCUT2D eigenvalue weighted by Crippen LogP contribution is -2.70. The molecule has 1 atom stereocenters. The third-order valence-electron chi connectivity index (χ3n) is 5.31. The molecule has 0 aliphatic rings. The second-order valence-corrected chi connectivity index (χ2v) is 8.57. The standard InChI is InChI=1S/C21H21F13N2O3/c1-11(2)14(36(3)10-37)15(38)35-12-4-6-13(7-5-12)39-9-8-16(22,23)17(24,25)18(26,27)19(28,29)20(30,31)21(32,33)34/h4-7,10-11,14H,8-9H2,1-3H3,(H,35,38)/t14-/m0/s1. The van der Waals surface area contributed by atoms with Gasteiger partial charge in [0.15, 0.2) is 0 Å². The molecule has 0 heterocycles. The fourth-order valence-corrected chi connectivity index (χ4v) is 3.13. The predicted molar refractivity (Wildman–Crippen MR) is 108 cm³/mol. The number of anilines is 1. The first-order valence-electron chi connectivity index (χ1n) is 10.6. The van der Waals surface area contributed by atoms with Gasteiger partial charge in [-0.2, -0.15) is 57.1 Å². The van der Waals surface area contributed by atoms with E-state index in [0.717, 1.165) is 29.2 Å². The topological polar surface area (TPSA) is 58.6 Å². The normalized spacial score (nSPS) is 14.7. The number of rotatable bonds is 13. The Morgan fingerprint density at radius 2 is 1.31 bits per heavy atom. The van der Waals surface area contributed by atoms with E-state index in [1.54, 1.807) is 13.8 Å². The van der Waals surface area contributed by atoms with Crippen LogP contribution in [0, 0.1) is 5.92 Å². The first kappa shape index (κ1) is 34.1. The fraction of sp³-hybridized carbons (Fsp3) is 0.619. The Morgan fingerprint density at radius 1 is 0.846 bits per heavy atom. The number of amides is 2. The summed E-state index contributed by atoms with van der Waals surface area (Å²) in [4.78, 5) is 24.4. The maximum absolute atomic E-state index is 13.8. The number of likely N-dealkylation sites (N-methyl/N-ethyl adjacent to an activating group) is 1. The van der Waals surface area contributed by atoms with Crippen LogP contribution < -0.4 is 10.1 Å². The summed E-state index contributed by atoms with van der Waals surface area (Å²) in [5, 5.41) is 2.41. The van der Waals surface area contributed by atoms with Gasteiger partial charge in [0.2, 0.25) is 12.3 Å². The molecule has 2 amide bonds. The SMILES string of the molecule is CC(C)[C@@H](C(=O)Nc1ccc(OCCC(F)(F)C(F)(F)C(F)(F)C(F)(F)C(F)(F)C(F)(F)F)cc1)N(C)C=O. The highest BCUT2D eigenvalue weighted by molar-refractivity contribution is 5.96. The number of halogens is 13.